The van der Waals surface area contributed by atoms with E-state index in [4.69, 9.17) is 10.8 Å². The summed E-state index contributed by atoms with van der Waals surface area (Å²) in [7, 11) is 0. The molecular formula is C6H11NO2. The topological polar surface area (TPSA) is 63.3 Å². The maximum atomic E-state index is 10.5. The van der Waals surface area contributed by atoms with E-state index < -0.39 is 6.10 Å². The Hall–Kier alpha value is -0.830. The summed E-state index contributed by atoms with van der Waals surface area (Å²) in [6, 6.07) is 0. The molecule has 52 valence electrons. The standard InChI is InChI=1S/C6H11NO2/c1-4(7)3-6(9)5(2)8/h3,5,8H,7H2,1-2H3/t5-/m0/s1. The minimum atomic E-state index is -0.941. The van der Waals surface area contributed by atoms with E-state index in [1.807, 2.05) is 0 Å². The zero-order valence-electron chi connectivity index (χ0n) is 5.59. The Morgan fingerprint density at radius 2 is 2.22 bits per heavy atom. The molecule has 0 saturated heterocycles. The predicted octanol–water partition coefficient (Wildman–Crippen LogP) is -0.201. The highest BCUT2D eigenvalue weighted by Gasteiger charge is 2.03. The molecule has 0 amide bonds. The number of nitrogens with two attached hydrogens (primary N) is 1. The first-order chi connectivity index (χ1) is 4.04. The molecule has 0 aliphatic heterocycles. The Bertz CT molecular complexity index is 134. The number of aliphatic hydroxyl groups excluding tert-OH is 1. The number of aliphatic hydroxyl groups is 1. The highest BCUT2D eigenvalue weighted by molar-refractivity contribution is 5.93. The molecule has 0 spiro atoms. The number of allylic oxidation sites excluding steroid dienone is 1. The lowest BCUT2D eigenvalue weighted by Gasteiger charge is -1.96. The first-order valence-corrected chi connectivity index (χ1v) is 2.69. The van der Waals surface area contributed by atoms with E-state index in [9.17, 15) is 4.79 Å². The van der Waals surface area contributed by atoms with Crippen molar-refractivity contribution < 1.29 is 9.90 Å². The van der Waals surface area contributed by atoms with Crippen molar-refractivity contribution in [1.82, 2.24) is 0 Å². The van der Waals surface area contributed by atoms with E-state index in [1.165, 1.54) is 13.0 Å². The van der Waals surface area contributed by atoms with Crippen LogP contribution in [-0.4, -0.2) is 17.0 Å². The van der Waals surface area contributed by atoms with Crippen LogP contribution in [0.5, 0.6) is 0 Å². The van der Waals surface area contributed by atoms with Gasteiger partial charge in [-0.15, -0.1) is 0 Å². The normalized spacial score (nSPS) is 15.2. The smallest absolute Gasteiger partial charge is 0.185 e. The molecule has 1 atom stereocenters. The van der Waals surface area contributed by atoms with Crippen molar-refractivity contribution in [3.05, 3.63) is 11.8 Å². The fourth-order valence-corrected chi connectivity index (χ4v) is 0.345. The molecule has 0 bridgehead atoms. The van der Waals surface area contributed by atoms with E-state index in [1.54, 1.807) is 6.92 Å². The Balaban J connectivity index is 3.93. The van der Waals surface area contributed by atoms with Crippen LogP contribution in [-0.2, 0) is 4.79 Å². The predicted molar refractivity (Wildman–Crippen MR) is 34.6 cm³/mol. The lowest BCUT2D eigenvalue weighted by atomic mass is 10.2. The number of ketones is 1. The summed E-state index contributed by atoms with van der Waals surface area (Å²) in [5.41, 5.74) is 5.58. The Kier molecular flexibility index (Phi) is 2.95. The van der Waals surface area contributed by atoms with Gasteiger partial charge in [-0.25, -0.2) is 0 Å². The lowest BCUT2D eigenvalue weighted by Crippen LogP contribution is -2.14. The third kappa shape index (κ3) is 3.73. The number of rotatable bonds is 2. The van der Waals surface area contributed by atoms with Gasteiger partial charge >= 0.3 is 0 Å². The number of carbonyl (C=O) groups is 1. The van der Waals surface area contributed by atoms with Crippen LogP contribution in [0.4, 0.5) is 0 Å². The quantitative estimate of drug-likeness (QED) is 0.507. The van der Waals surface area contributed by atoms with Gasteiger partial charge in [-0.05, 0) is 13.8 Å². The van der Waals surface area contributed by atoms with Gasteiger partial charge in [-0.2, -0.15) is 0 Å². The number of hydrogen-bond donors (Lipinski definition) is 2. The van der Waals surface area contributed by atoms with Gasteiger partial charge < -0.3 is 10.8 Å². The van der Waals surface area contributed by atoms with E-state index in [-0.39, 0.29) is 5.78 Å². The van der Waals surface area contributed by atoms with Gasteiger partial charge in [0.25, 0.3) is 0 Å². The second-order valence-corrected chi connectivity index (χ2v) is 1.97. The minimum absolute atomic E-state index is 0.352. The molecule has 3 N–H and O–H groups in total. The zero-order valence-corrected chi connectivity index (χ0v) is 5.59. The van der Waals surface area contributed by atoms with Crippen molar-refractivity contribution in [2.24, 2.45) is 5.73 Å². The average Bonchev–Trinajstić information content (AvgIpc) is 1.63. The molecule has 0 aromatic carbocycles. The van der Waals surface area contributed by atoms with Crippen LogP contribution in [0.1, 0.15) is 13.8 Å². The third-order valence-electron chi connectivity index (χ3n) is 0.782. The summed E-state index contributed by atoms with van der Waals surface area (Å²) in [4.78, 5) is 10.5. The van der Waals surface area contributed by atoms with Gasteiger partial charge in [0.2, 0.25) is 0 Å². The fraction of sp³-hybridized carbons (Fsp3) is 0.500. The van der Waals surface area contributed by atoms with E-state index >= 15 is 0 Å². The molecule has 9 heavy (non-hydrogen) atoms. The van der Waals surface area contributed by atoms with Crippen LogP contribution in [0.25, 0.3) is 0 Å². The zero-order chi connectivity index (χ0) is 7.44. The van der Waals surface area contributed by atoms with Gasteiger partial charge in [-0.3, -0.25) is 4.79 Å². The van der Waals surface area contributed by atoms with Crippen LogP contribution >= 0.6 is 0 Å². The average molecular weight is 129 g/mol. The third-order valence-corrected chi connectivity index (χ3v) is 0.782. The molecule has 0 aromatic heterocycles. The SMILES string of the molecule is CC(N)=CC(=O)[C@H](C)O. The van der Waals surface area contributed by atoms with E-state index in [0.717, 1.165) is 0 Å². The Morgan fingerprint density at radius 3 is 2.33 bits per heavy atom. The first-order valence-electron chi connectivity index (χ1n) is 2.69. The van der Waals surface area contributed by atoms with Crippen molar-refractivity contribution in [3.63, 3.8) is 0 Å². The second kappa shape index (κ2) is 3.25. The maximum Gasteiger partial charge on any atom is 0.185 e. The summed E-state index contributed by atoms with van der Waals surface area (Å²) < 4.78 is 0. The van der Waals surface area contributed by atoms with Crippen LogP contribution in [0.3, 0.4) is 0 Å². The molecule has 0 aliphatic rings. The van der Waals surface area contributed by atoms with Crippen molar-refractivity contribution in [1.29, 1.82) is 0 Å². The van der Waals surface area contributed by atoms with E-state index in [2.05, 4.69) is 0 Å². The Morgan fingerprint density at radius 1 is 1.78 bits per heavy atom. The first kappa shape index (κ1) is 8.17. The van der Waals surface area contributed by atoms with Crippen LogP contribution < -0.4 is 5.73 Å². The molecule has 0 fully saturated rings. The van der Waals surface area contributed by atoms with Crippen molar-refractivity contribution >= 4 is 5.78 Å². The minimum Gasteiger partial charge on any atom is -0.402 e. The molecule has 0 heterocycles. The second-order valence-electron chi connectivity index (χ2n) is 1.97. The summed E-state index contributed by atoms with van der Waals surface area (Å²) >= 11 is 0. The molecule has 0 aromatic rings. The van der Waals surface area contributed by atoms with Crippen LogP contribution in [0.2, 0.25) is 0 Å². The van der Waals surface area contributed by atoms with Crippen molar-refractivity contribution in [3.8, 4) is 0 Å². The van der Waals surface area contributed by atoms with Crippen molar-refractivity contribution in [2.45, 2.75) is 20.0 Å². The summed E-state index contributed by atoms with van der Waals surface area (Å²) in [6.07, 6.45) is 0.272. The van der Waals surface area contributed by atoms with Crippen LogP contribution in [0, 0.1) is 0 Å². The highest BCUT2D eigenvalue weighted by atomic mass is 16.3. The van der Waals surface area contributed by atoms with Crippen molar-refractivity contribution in [2.75, 3.05) is 0 Å². The van der Waals surface area contributed by atoms with Gasteiger partial charge in [0, 0.05) is 11.8 Å². The molecule has 0 unspecified atom stereocenters. The summed E-state index contributed by atoms with van der Waals surface area (Å²) in [5, 5.41) is 8.62. The highest BCUT2D eigenvalue weighted by Crippen LogP contribution is 1.87. The monoisotopic (exact) mass is 129 g/mol. The van der Waals surface area contributed by atoms with Gasteiger partial charge in [-0.1, -0.05) is 0 Å². The molecule has 0 rings (SSSR count). The molecule has 3 heteroatoms. The largest absolute Gasteiger partial charge is 0.402 e. The molecule has 0 radical (unpaired) electrons. The summed E-state index contributed by atoms with van der Waals surface area (Å²) in [6.45, 7) is 3.00. The molecule has 0 saturated carbocycles. The molecule has 3 nitrogen and oxygen atoms in total. The molecular weight excluding hydrogens is 118 g/mol. The van der Waals surface area contributed by atoms with Gasteiger partial charge in [0.05, 0.1) is 0 Å². The Labute approximate surface area is 54.2 Å². The fourth-order valence-electron chi connectivity index (χ4n) is 0.345. The lowest BCUT2D eigenvalue weighted by molar-refractivity contribution is -0.121. The van der Waals surface area contributed by atoms with E-state index in [0.29, 0.717) is 5.70 Å². The van der Waals surface area contributed by atoms with Crippen LogP contribution in [0.15, 0.2) is 11.8 Å². The number of carbonyl (C=O) groups excluding carboxylic acids is 1. The number of hydrogen-bond acceptors (Lipinski definition) is 3. The van der Waals surface area contributed by atoms with Gasteiger partial charge in [0.15, 0.2) is 5.78 Å². The maximum absolute atomic E-state index is 10.5. The van der Waals surface area contributed by atoms with Gasteiger partial charge in [0.1, 0.15) is 6.10 Å². The molecule has 0 aliphatic carbocycles. The summed E-state index contributed by atoms with van der Waals surface area (Å²) in [5.74, 6) is -0.352.